The van der Waals surface area contributed by atoms with Crippen molar-refractivity contribution in [2.24, 2.45) is 0 Å². The molecule has 1 aromatic heterocycles. The highest BCUT2D eigenvalue weighted by Crippen LogP contribution is 2.34. The summed E-state index contributed by atoms with van der Waals surface area (Å²) in [6.07, 6.45) is 1.37. The van der Waals surface area contributed by atoms with E-state index in [2.05, 4.69) is 58.1 Å². The molecular formula is C13H7Br3N2O3. The summed E-state index contributed by atoms with van der Waals surface area (Å²) >= 11 is 10.00. The Labute approximate surface area is 145 Å². The summed E-state index contributed by atoms with van der Waals surface area (Å²) in [5.41, 5.74) is 0.191. The summed E-state index contributed by atoms with van der Waals surface area (Å²) in [5, 5.41) is 11.7. The van der Waals surface area contributed by atoms with Crippen LogP contribution in [0, 0.1) is 0 Å². The number of carboxylic acid groups (broad SMARTS) is 1. The predicted molar refractivity (Wildman–Crippen MR) is 88.7 cm³/mol. The van der Waals surface area contributed by atoms with E-state index in [1.807, 2.05) is 0 Å². The number of hydrogen-bond acceptors (Lipinski definition) is 3. The first kappa shape index (κ1) is 16.1. The molecule has 108 valence electrons. The van der Waals surface area contributed by atoms with E-state index in [4.69, 9.17) is 5.11 Å². The fourth-order valence-corrected chi connectivity index (χ4v) is 4.05. The van der Waals surface area contributed by atoms with Gasteiger partial charge in [-0.15, -0.1) is 0 Å². The molecule has 0 saturated carbocycles. The molecule has 0 saturated heterocycles. The van der Waals surface area contributed by atoms with Crippen LogP contribution in [0.5, 0.6) is 0 Å². The fourth-order valence-electron chi connectivity index (χ4n) is 1.59. The number of pyridine rings is 1. The van der Waals surface area contributed by atoms with Crippen LogP contribution in [0.4, 0.5) is 5.69 Å². The van der Waals surface area contributed by atoms with Crippen LogP contribution in [0.15, 0.2) is 43.9 Å². The lowest BCUT2D eigenvalue weighted by molar-refractivity contribution is 0.0691. The van der Waals surface area contributed by atoms with Crippen molar-refractivity contribution >= 4 is 65.4 Å². The second kappa shape index (κ2) is 6.67. The molecule has 0 bridgehead atoms. The highest BCUT2D eigenvalue weighted by Gasteiger charge is 2.19. The van der Waals surface area contributed by atoms with Gasteiger partial charge in [-0.3, -0.25) is 9.78 Å². The maximum atomic E-state index is 12.2. The summed E-state index contributed by atoms with van der Waals surface area (Å²) in [4.78, 5) is 27.2. The zero-order valence-corrected chi connectivity index (χ0v) is 15.0. The zero-order valence-electron chi connectivity index (χ0n) is 10.2. The van der Waals surface area contributed by atoms with Gasteiger partial charge in [0.25, 0.3) is 5.91 Å². The number of carbonyl (C=O) groups is 2. The van der Waals surface area contributed by atoms with Crippen molar-refractivity contribution in [3.05, 3.63) is 55.1 Å². The van der Waals surface area contributed by atoms with E-state index in [-0.39, 0.29) is 11.3 Å². The first-order valence-electron chi connectivity index (χ1n) is 5.54. The number of aromatic carboxylic acids is 1. The van der Waals surface area contributed by atoms with Gasteiger partial charge in [0.15, 0.2) is 0 Å². The van der Waals surface area contributed by atoms with Gasteiger partial charge in [0.05, 0.1) is 11.3 Å². The minimum absolute atomic E-state index is 0.147. The molecule has 0 aliphatic rings. The Balaban J connectivity index is 2.38. The minimum atomic E-state index is -1.21. The average Bonchev–Trinajstić information content (AvgIpc) is 2.42. The van der Waals surface area contributed by atoms with Crippen LogP contribution in [0.3, 0.4) is 0 Å². The number of nitrogens with zero attached hydrogens (tertiary/aromatic N) is 1. The first-order chi connectivity index (χ1) is 9.90. The molecule has 0 atom stereocenters. The molecule has 21 heavy (non-hydrogen) atoms. The van der Waals surface area contributed by atoms with Gasteiger partial charge >= 0.3 is 5.97 Å². The SMILES string of the molecule is O=C(O)c1cccnc1C(=O)Nc1c(Br)cc(Br)cc1Br. The Kier molecular flexibility index (Phi) is 5.13. The number of benzene rings is 1. The topological polar surface area (TPSA) is 79.3 Å². The summed E-state index contributed by atoms with van der Waals surface area (Å²) in [7, 11) is 0. The van der Waals surface area contributed by atoms with E-state index in [0.29, 0.717) is 14.6 Å². The fraction of sp³-hybridized carbons (Fsp3) is 0. The van der Waals surface area contributed by atoms with Crippen LogP contribution in [0.25, 0.3) is 0 Å². The molecule has 1 heterocycles. The molecule has 1 amide bonds. The second-order valence-corrected chi connectivity index (χ2v) is 6.53. The Hall–Kier alpha value is -1.25. The van der Waals surface area contributed by atoms with E-state index < -0.39 is 11.9 Å². The predicted octanol–water partition coefficient (Wildman–Crippen LogP) is 4.32. The molecule has 0 fully saturated rings. The standard InChI is InChI=1S/C13H7Br3N2O3/c14-6-4-8(15)11(9(16)5-6)18-12(19)10-7(13(20)21)2-1-3-17-10/h1-5H,(H,18,19)(H,20,21). The molecule has 0 aliphatic carbocycles. The van der Waals surface area contributed by atoms with Gasteiger partial charge in [0, 0.05) is 19.6 Å². The van der Waals surface area contributed by atoms with Gasteiger partial charge in [-0.1, -0.05) is 15.9 Å². The number of rotatable bonds is 3. The van der Waals surface area contributed by atoms with Crippen molar-refractivity contribution in [2.45, 2.75) is 0 Å². The quantitative estimate of drug-likeness (QED) is 0.688. The lowest BCUT2D eigenvalue weighted by atomic mass is 10.2. The lowest BCUT2D eigenvalue weighted by Gasteiger charge is -2.11. The van der Waals surface area contributed by atoms with Gasteiger partial charge in [0.1, 0.15) is 5.69 Å². The van der Waals surface area contributed by atoms with E-state index >= 15 is 0 Å². The smallest absolute Gasteiger partial charge is 0.338 e. The molecular weight excluding hydrogens is 472 g/mol. The number of aromatic nitrogens is 1. The number of amides is 1. The normalized spacial score (nSPS) is 10.2. The molecule has 5 nitrogen and oxygen atoms in total. The second-order valence-electron chi connectivity index (χ2n) is 3.90. The third-order valence-electron chi connectivity index (χ3n) is 2.50. The molecule has 2 N–H and O–H groups in total. The third-order valence-corrected chi connectivity index (χ3v) is 4.21. The number of nitrogens with one attached hydrogen (secondary N) is 1. The van der Waals surface area contributed by atoms with Crippen molar-refractivity contribution in [3.63, 3.8) is 0 Å². The number of halogens is 3. The largest absolute Gasteiger partial charge is 0.478 e. The molecule has 2 rings (SSSR count). The Bertz CT molecular complexity index is 711. The third kappa shape index (κ3) is 3.69. The maximum Gasteiger partial charge on any atom is 0.338 e. The van der Waals surface area contributed by atoms with Gasteiger partial charge in [-0.25, -0.2) is 4.79 Å². The van der Waals surface area contributed by atoms with E-state index in [9.17, 15) is 9.59 Å². The van der Waals surface area contributed by atoms with E-state index in [1.165, 1.54) is 18.3 Å². The summed E-state index contributed by atoms with van der Waals surface area (Å²) in [5.74, 6) is -1.81. The monoisotopic (exact) mass is 476 g/mol. The van der Waals surface area contributed by atoms with Crippen LogP contribution in [-0.2, 0) is 0 Å². The highest BCUT2D eigenvalue weighted by molar-refractivity contribution is 9.11. The number of anilines is 1. The van der Waals surface area contributed by atoms with Crippen molar-refractivity contribution in [2.75, 3.05) is 5.32 Å². The Morgan fingerprint density at radius 1 is 1.14 bits per heavy atom. The lowest BCUT2D eigenvalue weighted by Crippen LogP contribution is -2.18. The number of carbonyl (C=O) groups excluding carboxylic acids is 1. The molecule has 2 aromatic rings. The van der Waals surface area contributed by atoms with Gasteiger partial charge in [0.2, 0.25) is 0 Å². The first-order valence-corrected chi connectivity index (χ1v) is 7.92. The van der Waals surface area contributed by atoms with Crippen molar-refractivity contribution < 1.29 is 14.7 Å². The number of hydrogen-bond donors (Lipinski definition) is 2. The van der Waals surface area contributed by atoms with Crippen molar-refractivity contribution in [1.29, 1.82) is 0 Å². The number of carboxylic acids is 1. The van der Waals surface area contributed by atoms with E-state index in [0.717, 1.165) is 4.47 Å². The van der Waals surface area contributed by atoms with Gasteiger partial charge < -0.3 is 10.4 Å². The summed E-state index contributed by atoms with van der Waals surface area (Å²) in [6.45, 7) is 0. The van der Waals surface area contributed by atoms with E-state index in [1.54, 1.807) is 12.1 Å². The Morgan fingerprint density at radius 3 is 2.33 bits per heavy atom. The minimum Gasteiger partial charge on any atom is -0.478 e. The molecule has 0 aliphatic heterocycles. The summed E-state index contributed by atoms with van der Waals surface area (Å²) < 4.78 is 2.11. The molecule has 0 unspecified atom stereocenters. The van der Waals surface area contributed by atoms with Crippen LogP contribution in [0.1, 0.15) is 20.8 Å². The van der Waals surface area contributed by atoms with Crippen LogP contribution < -0.4 is 5.32 Å². The summed E-state index contributed by atoms with van der Waals surface area (Å²) in [6, 6.07) is 6.31. The highest BCUT2D eigenvalue weighted by atomic mass is 79.9. The molecule has 0 radical (unpaired) electrons. The van der Waals surface area contributed by atoms with Crippen LogP contribution >= 0.6 is 47.8 Å². The Morgan fingerprint density at radius 2 is 1.76 bits per heavy atom. The average molecular weight is 479 g/mol. The molecule has 1 aromatic carbocycles. The zero-order chi connectivity index (χ0) is 15.6. The van der Waals surface area contributed by atoms with Crippen molar-refractivity contribution in [3.8, 4) is 0 Å². The molecule has 0 spiro atoms. The van der Waals surface area contributed by atoms with Gasteiger partial charge in [-0.05, 0) is 56.1 Å². The molecule has 8 heteroatoms. The van der Waals surface area contributed by atoms with Crippen LogP contribution in [0.2, 0.25) is 0 Å². The van der Waals surface area contributed by atoms with Gasteiger partial charge in [-0.2, -0.15) is 0 Å². The van der Waals surface area contributed by atoms with Crippen LogP contribution in [-0.4, -0.2) is 22.0 Å². The maximum absolute atomic E-state index is 12.2. The van der Waals surface area contributed by atoms with Crippen molar-refractivity contribution in [1.82, 2.24) is 4.98 Å².